The van der Waals surface area contributed by atoms with Crippen LogP contribution in [-0.4, -0.2) is 36.7 Å². The molecule has 1 aromatic carbocycles. The van der Waals surface area contributed by atoms with Gasteiger partial charge in [0.25, 0.3) is 11.7 Å². The van der Waals surface area contributed by atoms with Crippen LogP contribution >= 0.6 is 0 Å². The molecule has 0 fully saturated rings. The van der Waals surface area contributed by atoms with Crippen molar-refractivity contribution >= 4 is 17.4 Å². The number of nitrogens with zero attached hydrogens (tertiary/aromatic N) is 6. The third kappa shape index (κ3) is 3.22. The monoisotopic (exact) mass is 431 g/mol. The van der Waals surface area contributed by atoms with E-state index in [4.69, 9.17) is 10.5 Å². The lowest BCUT2D eigenvalue weighted by molar-refractivity contribution is -0.118. The van der Waals surface area contributed by atoms with Gasteiger partial charge in [-0.25, -0.2) is 13.9 Å². The Balaban J connectivity index is 1.56. The first-order valence-corrected chi connectivity index (χ1v) is 9.82. The SMILES string of the molecule is CC1=C(C(N)=O)OC(C)N1c1ccc(F)c(-c2nc3ncc(-c4ccccn4)cn3n2)c1. The normalized spacial score (nSPS) is 16.0. The highest BCUT2D eigenvalue weighted by Crippen LogP contribution is 2.34. The number of amides is 1. The average Bonchev–Trinajstić information content (AvgIpc) is 3.34. The smallest absolute Gasteiger partial charge is 0.285 e. The first-order chi connectivity index (χ1) is 15.4. The maximum atomic E-state index is 14.8. The van der Waals surface area contributed by atoms with Gasteiger partial charge in [0, 0.05) is 29.8 Å². The van der Waals surface area contributed by atoms with E-state index in [1.807, 2.05) is 18.2 Å². The Morgan fingerprint density at radius 3 is 2.78 bits per heavy atom. The van der Waals surface area contributed by atoms with Crippen LogP contribution in [0.25, 0.3) is 28.4 Å². The number of nitrogens with two attached hydrogens (primary N) is 1. The summed E-state index contributed by atoms with van der Waals surface area (Å²) in [5, 5.41) is 4.42. The minimum Gasteiger partial charge on any atom is -0.463 e. The van der Waals surface area contributed by atoms with Gasteiger partial charge >= 0.3 is 0 Å². The van der Waals surface area contributed by atoms with Crippen LogP contribution in [0, 0.1) is 5.82 Å². The lowest BCUT2D eigenvalue weighted by atomic mass is 10.1. The number of aromatic nitrogens is 5. The minimum absolute atomic E-state index is 0.0838. The van der Waals surface area contributed by atoms with E-state index in [9.17, 15) is 9.18 Å². The molecule has 9 nitrogen and oxygen atoms in total. The molecule has 4 aromatic rings. The van der Waals surface area contributed by atoms with Crippen LogP contribution < -0.4 is 10.6 Å². The van der Waals surface area contributed by atoms with Gasteiger partial charge in [0.15, 0.2) is 12.1 Å². The fourth-order valence-electron chi connectivity index (χ4n) is 3.73. The molecule has 4 heterocycles. The Kier molecular flexibility index (Phi) is 4.54. The topological polar surface area (TPSA) is 112 Å². The van der Waals surface area contributed by atoms with Crippen molar-refractivity contribution in [3.05, 3.63) is 72.3 Å². The highest BCUT2D eigenvalue weighted by atomic mass is 19.1. The molecule has 1 amide bonds. The van der Waals surface area contributed by atoms with Crippen LogP contribution in [0.2, 0.25) is 0 Å². The Morgan fingerprint density at radius 1 is 1.22 bits per heavy atom. The van der Waals surface area contributed by atoms with E-state index in [1.54, 1.807) is 49.5 Å². The highest BCUT2D eigenvalue weighted by molar-refractivity contribution is 5.92. The Labute approximate surface area is 182 Å². The van der Waals surface area contributed by atoms with Crippen molar-refractivity contribution in [2.24, 2.45) is 5.73 Å². The van der Waals surface area contributed by atoms with Crippen LogP contribution in [0.3, 0.4) is 0 Å². The summed E-state index contributed by atoms with van der Waals surface area (Å²) < 4.78 is 21.8. The molecule has 10 heteroatoms. The molecule has 5 rings (SSSR count). The van der Waals surface area contributed by atoms with Gasteiger partial charge in [-0.05, 0) is 44.2 Å². The first kappa shape index (κ1) is 19.6. The number of rotatable bonds is 4. The maximum Gasteiger partial charge on any atom is 0.285 e. The molecule has 0 saturated carbocycles. The van der Waals surface area contributed by atoms with Gasteiger partial charge in [-0.3, -0.25) is 9.78 Å². The summed E-state index contributed by atoms with van der Waals surface area (Å²) in [6.07, 6.45) is 4.60. The second kappa shape index (κ2) is 7.41. The van der Waals surface area contributed by atoms with Crippen LogP contribution in [-0.2, 0) is 9.53 Å². The third-order valence-corrected chi connectivity index (χ3v) is 5.19. The fourth-order valence-corrected chi connectivity index (χ4v) is 3.73. The Bertz CT molecular complexity index is 1380. The minimum atomic E-state index is -0.656. The predicted octanol–water partition coefficient (Wildman–Crippen LogP) is 2.89. The summed E-state index contributed by atoms with van der Waals surface area (Å²) in [5.41, 5.74) is 8.24. The fraction of sp³-hybridized carbons (Fsp3) is 0.136. The lowest BCUT2D eigenvalue weighted by Crippen LogP contribution is -2.27. The van der Waals surface area contributed by atoms with Crippen molar-refractivity contribution in [1.82, 2.24) is 24.6 Å². The van der Waals surface area contributed by atoms with Gasteiger partial charge in [-0.2, -0.15) is 4.98 Å². The summed E-state index contributed by atoms with van der Waals surface area (Å²) in [7, 11) is 0. The average molecular weight is 431 g/mol. The van der Waals surface area contributed by atoms with Gasteiger partial charge in [-0.1, -0.05) is 6.07 Å². The van der Waals surface area contributed by atoms with Crippen molar-refractivity contribution in [1.29, 1.82) is 0 Å². The zero-order chi connectivity index (χ0) is 22.4. The molecule has 1 unspecified atom stereocenters. The molecule has 32 heavy (non-hydrogen) atoms. The molecular weight excluding hydrogens is 413 g/mol. The largest absolute Gasteiger partial charge is 0.463 e. The van der Waals surface area contributed by atoms with E-state index >= 15 is 0 Å². The zero-order valence-electron chi connectivity index (χ0n) is 17.2. The molecule has 1 aliphatic heterocycles. The number of anilines is 1. The standard InChI is InChI=1S/C22H18FN7O2/c1-12-19(20(24)31)32-13(2)30(12)15-6-7-17(23)16(9-15)21-27-22-26-10-14(11-29(22)28-21)18-5-3-4-8-25-18/h3-11,13H,1-2H3,(H2,24,31). The second-order valence-electron chi connectivity index (χ2n) is 7.27. The molecule has 0 aliphatic carbocycles. The van der Waals surface area contributed by atoms with Crippen LogP contribution in [0.5, 0.6) is 0 Å². The van der Waals surface area contributed by atoms with E-state index < -0.39 is 18.0 Å². The summed E-state index contributed by atoms with van der Waals surface area (Å²) in [6.45, 7) is 3.49. The molecule has 2 N–H and O–H groups in total. The molecule has 3 aromatic heterocycles. The molecule has 1 atom stereocenters. The van der Waals surface area contributed by atoms with E-state index in [-0.39, 0.29) is 17.1 Å². The number of benzene rings is 1. The number of hydrogen-bond acceptors (Lipinski definition) is 7. The maximum absolute atomic E-state index is 14.8. The van der Waals surface area contributed by atoms with Crippen molar-refractivity contribution in [2.75, 3.05) is 4.90 Å². The lowest BCUT2D eigenvalue weighted by Gasteiger charge is -2.24. The van der Waals surface area contributed by atoms with Gasteiger partial charge < -0.3 is 15.4 Å². The first-order valence-electron chi connectivity index (χ1n) is 9.82. The molecular formula is C22H18FN7O2. The van der Waals surface area contributed by atoms with Gasteiger partial charge in [0.1, 0.15) is 5.82 Å². The van der Waals surface area contributed by atoms with Gasteiger partial charge in [0.2, 0.25) is 5.76 Å². The van der Waals surface area contributed by atoms with E-state index in [0.717, 1.165) is 11.3 Å². The quantitative estimate of drug-likeness (QED) is 0.529. The molecule has 0 spiro atoms. The van der Waals surface area contributed by atoms with Crippen LogP contribution in [0.4, 0.5) is 10.1 Å². The number of primary amides is 1. The number of carbonyl (C=O) groups excluding carboxylic acids is 1. The highest BCUT2D eigenvalue weighted by Gasteiger charge is 2.32. The summed E-state index contributed by atoms with van der Waals surface area (Å²) >= 11 is 0. The molecule has 0 bridgehead atoms. The molecule has 160 valence electrons. The van der Waals surface area contributed by atoms with Crippen molar-refractivity contribution in [3.8, 4) is 22.6 Å². The van der Waals surface area contributed by atoms with E-state index in [1.165, 1.54) is 10.6 Å². The third-order valence-electron chi connectivity index (χ3n) is 5.19. The Hall–Kier alpha value is -4.34. The zero-order valence-corrected chi connectivity index (χ0v) is 17.2. The number of carbonyl (C=O) groups is 1. The Morgan fingerprint density at radius 2 is 2.06 bits per heavy atom. The second-order valence-corrected chi connectivity index (χ2v) is 7.27. The molecule has 0 saturated heterocycles. The van der Waals surface area contributed by atoms with Gasteiger partial charge in [-0.15, -0.1) is 5.10 Å². The number of pyridine rings is 1. The van der Waals surface area contributed by atoms with E-state index in [0.29, 0.717) is 17.2 Å². The summed E-state index contributed by atoms with van der Waals surface area (Å²) in [6, 6.07) is 10.1. The van der Waals surface area contributed by atoms with Crippen molar-refractivity contribution < 1.29 is 13.9 Å². The molecule has 0 radical (unpaired) electrons. The number of hydrogen-bond donors (Lipinski definition) is 1. The number of ether oxygens (including phenoxy) is 1. The summed E-state index contributed by atoms with van der Waals surface area (Å²) in [5.74, 6) is -0.551. The molecule has 1 aliphatic rings. The number of allylic oxidation sites excluding steroid dienone is 1. The number of halogens is 1. The van der Waals surface area contributed by atoms with Crippen LogP contribution in [0.1, 0.15) is 13.8 Å². The van der Waals surface area contributed by atoms with Gasteiger partial charge in [0.05, 0.1) is 17.0 Å². The van der Waals surface area contributed by atoms with Crippen LogP contribution in [0.15, 0.2) is 66.4 Å². The van der Waals surface area contributed by atoms with Crippen molar-refractivity contribution in [2.45, 2.75) is 20.1 Å². The number of fused-ring (bicyclic) bond motifs is 1. The van der Waals surface area contributed by atoms with E-state index in [2.05, 4.69) is 20.1 Å². The summed E-state index contributed by atoms with van der Waals surface area (Å²) in [4.78, 5) is 26.4. The van der Waals surface area contributed by atoms with Crippen molar-refractivity contribution in [3.63, 3.8) is 0 Å². The predicted molar refractivity (Wildman–Crippen MR) is 114 cm³/mol.